The van der Waals surface area contributed by atoms with Crippen molar-refractivity contribution in [3.8, 4) is 22.6 Å². The van der Waals surface area contributed by atoms with Crippen LogP contribution in [0.25, 0.3) is 11.1 Å². The Balaban J connectivity index is 1.79. The third-order valence-electron chi connectivity index (χ3n) is 3.97. The summed E-state index contributed by atoms with van der Waals surface area (Å²) in [5.74, 6) is 1.48. The quantitative estimate of drug-likeness (QED) is 0.509. The lowest BCUT2D eigenvalue weighted by Crippen LogP contribution is -2.03. The first kappa shape index (κ1) is 17.1. The summed E-state index contributed by atoms with van der Waals surface area (Å²) in [5, 5.41) is 0. The van der Waals surface area contributed by atoms with Crippen LogP contribution in [-0.2, 0) is 6.18 Å². The summed E-state index contributed by atoms with van der Waals surface area (Å²) >= 11 is 0. The molecule has 3 rings (SSSR count). The predicted molar refractivity (Wildman–Crippen MR) is 92.9 cm³/mol. The van der Waals surface area contributed by atoms with Crippen LogP contribution in [0.2, 0.25) is 0 Å². The maximum atomic E-state index is 12.6. The van der Waals surface area contributed by atoms with E-state index in [2.05, 4.69) is 0 Å². The van der Waals surface area contributed by atoms with Gasteiger partial charge in [-0.25, -0.2) is 0 Å². The fraction of sp³-hybridized carbons (Fsp3) is 0.143. The summed E-state index contributed by atoms with van der Waals surface area (Å²) in [4.78, 5) is 0. The van der Waals surface area contributed by atoms with Crippen molar-refractivity contribution in [1.29, 1.82) is 0 Å². The molecule has 0 radical (unpaired) electrons. The van der Waals surface area contributed by atoms with Crippen molar-refractivity contribution in [2.75, 3.05) is 0 Å². The molecule has 0 aliphatic heterocycles. The van der Waals surface area contributed by atoms with Gasteiger partial charge >= 0.3 is 6.18 Å². The summed E-state index contributed by atoms with van der Waals surface area (Å²) in [6, 6.07) is 18.4. The Labute approximate surface area is 144 Å². The third kappa shape index (κ3) is 4.02. The van der Waals surface area contributed by atoms with Gasteiger partial charge in [0, 0.05) is 0 Å². The Bertz CT molecular complexity index is 863. The monoisotopic (exact) mass is 342 g/mol. The van der Waals surface area contributed by atoms with Gasteiger partial charge in [0.25, 0.3) is 0 Å². The number of alkyl halides is 3. The molecule has 0 spiro atoms. The van der Waals surface area contributed by atoms with E-state index in [1.165, 1.54) is 12.1 Å². The van der Waals surface area contributed by atoms with Crippen LogP contribution in [0.1, 0.15) is 16.7 Å². The highest BCUT2D eigenvalue weighted by atomic mass is 19.4. The van der Waals surface area contributed by atoms with Gasteiger partial charge in [-0.05, 0) is 66.4 Å². The molecule has 0 aliphatic carbocycles. The van der Waals surface area contributed by atoms with E-state index >= 15 is 0 Å². The van der Waals surface area contributed by atoms with Gasteiger partial charge in [0.2, 0.25) is 0 Å². The first-order valence-corrected chi connectivity index (χ1v) is 7.86. The number of rotatable bonds is 3. The molecule has 3 aromatic rings. The second-order valence-corrected chi connectivity index (χ2v) is 5.97. The first-order chi connectivity index (χ1) is 11.8. The highest BCUT2D eigenvalue weighted by molar-refractivity contribution is 5.64. The minimum absolute atomic E-state index is 0.647. The zero-order valence-electron chi connectivity index (χ0n) is 13.9. The number of hydrogen-bond donors (Lipinski definition) is 0. The minimum Gasteiger partial charge on any atom is -0.457 e. The lowest BCUT2D eigenvalue weighted by molar-refractivity contribution is -0.137. The maximum Gasteiger partial charge on any atom is 0.416 e. The molecule has 0 heterocycles. The van der Waals surface area contributed by atoms with Crippen LogP contribution >= 0.6 is 0 Å². The van der Waals surface area contributed by atoms with Crippen molar-refractivity contribution in [2.45, 2.75) is 20.0 Å². The highest BCUT2D eigenvalue weighted by Gasteiger charge is 2.29. The van der Waals surface area contributed by atoms with Crippen LogP contribution in [-0.4, -0.2) is 0 Å². The summed E-state index contributed by atoms with van der Waals surface area (Å²) in [6.07, 6.45) is -4.32. The van der Waals surface area contributed by atoms with Crippen LogP contribution < -0.4 is 4.74 Å². The molecule has 0 aromatic heterocycles. The van der Waals surface area contributed by atoms with Crippen LogP contribution in [0.15, 0.2) is 66.7 Å². The van der Waals surface area contributed by atoms with Gasteiger partial charge in [0.15, 0.2) is 0 Å². The second kappa shape index (κ2) is 6.63. The third-order valence-corrected chi connectivity index (χ3v) is 3.97. The van der Waals surface area contributed by atoms with E-state index in [0.29, 0.717) is 5.75 Å². The van der Waals surface area contributed by atoms with Gasteiger partial charge in [-0.3, -0.25) is 0 Å². The Morgan fingerprint density at radius 3 is 1.84 bits per heavy atom. The first-order valence-electron chi connectivity index (χ1n) is 7.86. The molecule has 4 heteroatoms. The molecule has 0 saturated carbocycles. The van der Waals surface area contributed by atoms with Gasteiger partial charge in [-0.15, -0.1) is 0 Å². The van der Waals surface area contributed by atoms with E-state index in [4.69, 9.17) is 4.74 Å². The number of benzene rings is 3. The van der Waals surface area contributed by atoms with E-state index in [9.17, 15) is 13.2 Å². The minimum atomic E-state index is -4.32. The van der Waals surface area contributed by atoms with Gasteiger partial charge in [-0.2, -0.15) is 13.2 Å². The van der Waals surface area contributed by atoms with Crippen molar-refractivity contribution in [3.63, 3.8) is 0 Å². The van der Waals surface area contributed by atoms with Gasteiger partial charge in [0.05, 0.1) is 5.56 Å². The van der Waals surface area contributed by atoms with Crippen molar-refractivity contribution in [3.05, 3.63) is 83.4 Å². The normalized spacial score (nSPS) is 11.4. The van der Waals surface area contributed by atoms with Crippen molar-refractivity contribution < 1.29 is 17.9 Å². The van der Waals surface area contributed by atoms with Gasteiger partial charge < -0.3 is 4.74 Å². The topological polar surface area (TPSA) is 9.23 Å². The summed E-state index contributed by atoms with van der Waals surface area (Å²) in [5.41, 5.74) is 3.07. The van der Waals surface area contributed by atoms with Crippen LogP contribution in [0.3, 0.4) is 0 Å². The van der Waals surface area contributed by atoms with Crippen LogP contribution in [0, 0.1) is 13.8 Å². The van der Waals surface area contributed by atoms with Crippen molar-refractivity contribution >= 4 is 0 Å². The molecule has 128 valence electrons. The van der Waals surface area contributed by atoms with Crippen LogP contribution in [0.4, 0.5) is 13.2 Å². The van der Waals surface area contributed by atoms with E-state index in [-0.39, 0.29) is 0 Å². The van der Waals surface area contributed by atoms with E-state index in [1.54, 1.807) is 0 Å². The molecule has 0 saturated heterocycles. The molecule has 0 atom stereocenters. The number of hydrogen-bond acceptors (Lipinski definition) is 1. The molecule has 0 unspecified atom stereocenters. The average molecular weight is 342 g/mol. The Kier molecular flexibility index (Phi) is 4.53. The molecule has 25 heavy (non-hydrogen) atoms. The Morgan fingerprint density at radius 2 is 1.28 bits per heavy atom. The largest absolute Gasteiger partial charge is 0.457 e. The van der Waals surface area contributed by atoms with Gasteiger partial charge in [-0.1, -0.05) is 36.4 Å². The summed E-state index contributed by atoms with van der Waals surface area (Å²) in [7, 11) is 0. The molecule has 0 aliphatic rings. The standard InChI is InChI=1S/C21H17F3O/c1-14-3-4-15(2)20(13-14)25-19-11-7-17(8-12-19)16-5-9-18(10-6-16)21(22,23)24/h3-13H,1-2H3. The average Bonchev–Trinajstić information content (AvgIpc) is 2.58. The fourth-order valence-electron chi connectivity index (χ4n) is 2.51. The number of ether oxygens (including phenoxy) is 1. The highest BCUT2D eigenvalue weighted by Crippen LogP contribution is 2.32. The van der Waals surface area contributed by atoms with Gasteiger partial charge in [0.1, 0.15) is 11.5 Å². The molecular weight excluding hydrogens is 325 g/mol. The smallest absolute Gasteiger partial charge is 0.416 e. The molecule has 0 fully saturated rings. The molecule has 3 aromatic carbocycles. The maximum absolute atomic E-state index is 12.6. The lowest BCUT2D eigenvalue weighted by atomic mass is 10.0. The molecule has 0 amide bonds. The summed E-state index contributed by atoms with van der Waals surface area (Å²) < 4.78 is 43.8. The summed E-state index contributed by atoms with van der Waals surface area (Å²) in [6.45, 7) is 3.98. The SMILES string of the molecule is Cc1ccc(C)c(Oc2ccc(-c3ccc(C(F)(F)F)cc3)cc2)c1. The Hall–Kier alpha value is -2.75. The van der Waals surface area contributed by atoms with Crippen LogP contribution in [0.5, 0.6) is 11.5 Å². The van der Waals surface area contributed by atoms with E-state index < -0.39 is 11.7 Å². The fourth-order valence-corrected chi connectivity index (χ4v) is 2.51. The second-order valence-electron chi connectivity index (χ2n) is 5.97. The molecule has 0 bridgehead atoms. The molecule has 1 nitrogen and oxygen atoms in total. The van der Waals surface area contributed by atoms with Crippen molar-refractivity contribution in [2.24, 2.45) is 0 Å². The predicted octanol–water partition coefficient (Wildman–Crippen LogP) is 6.78. The lowest BCUT2D eigenvalue weighted by Gasteiger charge is -2.11. The van der Waals surface area contributed by atoms with E-state index in [0.717, 1.165) is 40.1 Å². The van der Waals surface area contributed by atoms with E-state index in [1.807, 2.05) is 56.3 Å². The number of halogens is 3. The zero-order chi connectivity index (χ0) is 18.0. The molecular formula is C21H17F3O. The molecule has 0 N–H and O–H groups in total. The number of aryl methyl sites for hydroxylation is 2. The Morgan fingerprint density at radius 1 is 0.720 bits per heavy atom. The zero-order valence-corrected chi connectivity index (χ0v) is 13.9. The van der Waals surface area contributed by atoms with Crippen molar-refractivity contribution in [1.82, 2.24) is 0 Å².